The van der Waals surface area contributed by atoms with Crippen molar-refractivity contribution in [2.45, 2.75) is 33.7 Å². The summed E-state index contributed by atoms with van der Waals surface area (Å²) in [7, 11) is 1.52. The maximum Gasteiger partial charge on any atom is 0.326 e. The zero-order valence-electron chi connectivity index (χ0n) is 10.7. The summed E-state index contributed by atoms with van der Waals surface area (Å²) in [4.78, 5) is 25.6. The number of rotatable bonds is 5. The number of aliphatic carboxylic acids is 1. The Kier molecular flexibility index (Phi) is 5.85. The van der Waals surface area contributed by atoms with Crippen molar-refractivity contribution in [2.24, 2.45) is 5.92 Å². The van der Waals surface area contributed by atoms with Gasteiger partial charge in [-0.25, -0.2) is 9.59 Å². The van der Waals surface area contributed by atoms with Gasteiger partial charge in [0, 0.05) is 20.1 Å². The summed E-state index contributed by atoms with van der Waals surface area (Å²) in [6.45, 7) is 8.68. The highest BCUT2D eigenvalue weighted by atomic mass is 16.4. The third-order valence-electron chi connectivity index (χ3n) is 2.48. The smallest absolute Gasteiger partial charge is 0.326 e. The van der Waals surface area contributed by atoms with E-state index >= 15 is 0 Å². The summed E-state index contributed by atoms with van der Waals surface area (Å²) >= 11 is 0. The molecule has 0 spiro atoms. The third kappa shape index (κ3) is 4.08. The van der Waals surface area contributed by atoms with E-state index < -0.39 is 12.0 Å². The molecule has 0 saturated heterocycles. The van der Waals surface area contributed by atoms with Crippen LogP contribution in [0.15, 0.2) is 0 Å². The monoisotopic (exact) mass is 230 g/mol. The summed E-state index contributed by atoms with van der Waals surface area (Å²) in [6.07, 6.45) is 0. The molecule has 0 aliphatic rings. The molecular formula is C11H22N2O3. The molecule has 0 aliphatic carbocycles. The highest BCUT2D eigenvalue weighted by Crippen LogP contribution is 2.05. The van der Waals surface area contributed by atoms with Crippen molar-refractivity contribution in [1.82, 2.24) is 9.80 Å². The fourth-order valence-electron chi connectivity index (χ4n) is 1.34. The first-order valence-corrected chi connectivity index (χ1v) is 5.55. The van der Waals surface area contributed by atoms with Gasteiger partial charge >= 0.3 is 12.0 Å². The van der Waals surface area contributed by atoms with E-state index in [4.69, 9.17) is 5.11 Å². The molecular weight excluding hydrogens is 208 g/mol. The van der Waals surface area contributed by atoms with Gasteiger partial charge in [0.1, 0.15) is 6.04 Å². The van der Waals surface area contributed by atoms with Crippen molar-refractivity contribution >= 4 is 12.0 Å². The minimum absolute atomic E-state index is 0.230. The van der Waals surface area contributed by atoms with Crippen LogP contribution in [-0.4, -0.2) is 53.1 Å². The predicted octanol–water partition coefficient (Wildman–Crippen LogP) is 1.49. The molecule has 0 saturated carbocycles. The van der Waals surface area contributed by atoms with Gasteiger partial charge in [0.25, 0.3) is 0 Å². The Morgan fingerprint density at radius 2 is 1.75 bits per heavy atom. The number of nitrogens with zero attached hydrogens (tertiary/aromatic N) is 2. The lowest BCUT2D eigenvalue weighted by molar-refractivity contribution is -0.141. The first-order chi connectivity index (χ1) is 7.31. The van der Waals surface area contributed by atoms with Crippen LogP contribution in [-0.2, 0) is 4.79 Å². The van der Waals surface area contributed by atoms with Crippen molar-refractivity contribution in [3.63, 3.8) is 0 Å². The lowest BCUT2D eigenvalue weighted by Gasteiger charge is -2.30. The fraction of sp³-hybridized carbons (Fsp3) is 0.818. The number of carbonyl (C=O) groups excluding carboxylic acids is 1. The molecule has 1 N–H and O–H groups in total. The van der Waals surface area contributed by atoms with Crippen LogP contribution in [0.25, 0.3) is 0 Å². The maximum atomic E-state index is 11.9. The van der Waals surface area contributed by atoms with Gasteiger partial charge in [-0.3, -0.25) is 0 Å². The second-order valence-corrected chi connectivity index (χ2v) is 4.34. The Labute approximate surface area is 97.0 Å². The topological polar surface area (TPSA) is 60.9 Å². The summed E-state index contributed by atoms with van der Waals surface area (Å²) in [6, 6.07) is -1.03. The van der Waals surface area contributed by atoms with Gasteiger partial charge < -0.3 is 14.9 Å². The number of hydrogen-bond acceptors (Lipinski definition) is 2. The highest BCUT2D eigenvalue weighted by Gasteiger charge is 2.25. The molecule has 0 radical (unpaired) electrons. The van der Waals surface area contributed by atoms with Gasteiger partial charge in [-0.2, -0.15) is 0 Å². The molecule has 1 unspecified atom stereocenters. The first-order valence-electron chi connectivity index (χ1n) is 5.55. The summed E-state index contributed by atoms with van der Waals surface area (Å²) in [5.41, 5.74) is 0. The Hall–Kier alpha value is -1.26. The average molecular weight is 230 g/mol. The van der Waals surface area contributed by atoms with Crippen molar-refractivity contribution in [3.8, 4) is 0 Å². The van der Waals surface area contributed by atoms with E-state index in [1.54, 1.807) is 4.90 Å². The lowest BCUT2D eigenvalue weighted by Crippen LogP contribution is -2.48. The number of hydrogen-bond donors (Lipinski definition) is 1. The van der Waals surface area contributed by atoms with E-state index in [1.165, 1.54) is 18.9 Å². The minimum Gasteiger partial charge on any atom is -0.480 e. The maximum absolute atomic E-state index is 11.9. The lowest BCUT2D eigenvalue weighted by atomic mass is 10.2. The Balaban J connectivity index is 4.55. The quantitative estimate of drug-likeness (QED) is 0.778. The molecule has 0 bridgehead atoms. The molecule has 0 aromatic heterocycles. The van der Waals surface area contributed by atoms with E-state index in [2.05, 4.69) is 0 Å². The van der Waals surface area contributed by atoms with Gasteiger partial charge in [-0.05, 0) is 19.8 Å². The van der Waals surface area contributed by atoms with Gasteiger partial charge in [0.2, 0.25) is 0 Å². The van der Waals surface area contributed by atoms with E-state index in [0.29, 0.717) is 19.0 Å². The van der Waals surface area contributed by atoms with Crippen LogP contribution in [0.3, 0.4) is 0 Å². The standard InChI is InChI=1S/C11H22N2O3/c1-6-13(7-8(2)3)11(16)12(5)9(4)10(14)15/h8-9H,6-7H2,1-5H3,(H,14,15). The number of carboxylic acid groups (broad SMARTS) is 1. The van der Waals surface area contributed by atoms with Crippen LogP contribution < -0.4 is 0 Å². The molecule has 16 heavy (non-hydrogen) atoms. The van der Waals surface area contributed by atoms with Crippen LogP contribution in [0.5, 0.6) is 0 Å². The fourth-order valence-corrected chi connectivity index (χ4v) is 1.34. The summed E-state index contributed by atoms with van der Waals surface area (Å²) in [5.74, 6) is -0.617. The van der Waals surface area contributed by atoms with Crippen LogP contribution in [0.4, 0.5) is 4.79 Å². The van der Waals surface area contributed by atoms with Crippen molar-refractivity contribution in [2.75, 3.05) is 20.1 Å². The second-order valence-electron chi connectivity index (χ2n) is 4.34. The Bertz CT molecular complexity index is 254. The number of likely N-dealkylation sites (N-methyl/N-ethyl adjacent to an activating group) is 1. The Morgan fingerprint density at radius 1 is 1.25 bits per heavy atom. The van der Waals surface area contributed by atoms with Crippen molar-refractivity contribution in [1.29, 1.82) is 0 Å². The van der Waals surface area contributed by atoms with Gasteiger partial charge in [-0.1, -0.05) is 13.8 Å². The molecule has 0 aliphatic heterocycles. The van der Waals surface area contributed by atoms with Gasteiger partial charge in [0.05, 0.1) is 0 Å². The molecule has 0 fully saturated rings. The van der Waals surface area contributed by atoms with Gasteiger partial charge in [0.15, 0.2) is 0 Å². The predicted molar refractivity (Wildman–Crippen MR) is 62.3 cm³/mol. The molecule has 5 heteroatoms. The first kappa shape index (κ1) is 14.7. The minimum atomic E-state index is -0.989. The van der Waals surface area contributed by atoms with Crippen molar-refractivity contribution in [3.05, 3.63) is 0 Å². The normalized spacial score (nSPS) is 12.4. The summed E-state index contributed by atoms with van der Waals surface area (Å²) < 4.78 is 0. The number of urea groups is 1. The summed E-state index contributed by atoms with van der Waals surface area (Å²) in [5, 5.41) is 8.83. The van der Waals surface area contributed by atoms with Crippen LogP contribution >= 0.6 is 0 Å². The molecule has 94 valence electrons. The molecule has 5 nitrogen and oxygen atoms in total. The molecule has 0 aromatic rings. The van der Waals surface area contributed by atoms with Crippen LogP contribution in [0.2, 0.25) is 0 Å². The van der Waals surface area contributed by atoms with Gasteiger partial charge in [-0.15, -0.1) is 0 Å². The number of carbonyl (C=O) groups is 2. The SMILES string of the molecule is CCN(CC(C)C)C(=O)N(C)C(C)C(=O)O. The zero-order valence-corrected chi connectivity index (χ0v) is 10.7. The molecule has 0 heterocycles. The molecule has 2 amide bonds. The molecule has 0 aromatic carbocycles. The van der Waals surface area contributed by atoms with E-state index in [-0.39, 0.29) is 6.03 Å². The van der Waals surface area contributed by atoms with Crippen LogP contribution in [0, 0.1) is 5.92 Å². The van der Waals surface area contributed by atoms with E-state index in [0.717, 1.165) is 0 Å². The molecule has 1 atom stereocenters. The highest BCUT2D eigenvalue weighted by molar-refractivity contribution is 5.82. The van der Waals surface area contributed by atoms with Crippen LogP contribution in [0.1, 0.15) is 27.7 Å². The largest absolute Gasteiger partial charge is 0.480 e. The van der Waals surface area contributed by atoms with E-state index in [1.807, 2.05) is 20.8 Å². The van der Waals surface area contributed by atoms with Crippen molar-refractivity contribution < 1.29 is 14.7 Å². The number of carboxylic acids is 1. The average Bonchev–Trinajstić information content (AvgIpc) is 2.22. The second kappa shape index (κ2) is 6.35. The number of amides is 2. The van der Waals surface area contributed by atoms with E-state index in [9.17, 15) is 9.59 Å². The Morgan fingerprint density at radius 3 is 2.06 bits per heavy atom. The zero-order chi connectivity index (χ0) is 12.9. The molecule has 0 rings (SSSR count). The third-order valence-corrected chi connectivity index (χ3v) is 2.48.